The first kappa shape index (κ1) is 34.8. The molecular formula is C28H27N7O12S. The van der Waals surface area contributed by atoms with Crippen LogP contribution in [0, 0.1) is 20.2 Å². The van der Waals surface area contributed by atoms with E-state index in [1.807, 2.05) is 0 Å². The van der Waals surface area contributed by atoms with Gasteiger partial charge in [0.1, 0.15) is 24.9 Å². The zero-order chi connectivity index (χ0) is 35.0. The zero-order valence-electron chi connectivity index (χ0n) is 25.2. The third-order valence-electron chi connectivity index (χ3n) is 6.44. The maximum atomic E-state index is 13.1. The number of hydrogen-bond donors (Lipinski definition) is 2. The molecule has 19 nitrogen and oxygen atoms in total. The van der Waals surface area contributed by atoms with Crippen LogP contribution in [-0.4, -0.2) is 74.2 Å². The monoisotopic (exact) mass is 685 g/mol. The minimum Gasteiger partial charge on any atom is -0.459 e. The summed E-state index contributed by atoms with van der Waals surface area (Å²) in [5.74, 6) is -3.25. The lowest BCUT2D eigenvalue weighted by molar-refractivity contribution is -0.385. The van der Waals surface area contributed by atoms with Crippen molar-refractivity contribution in [2.45, 2.75) is 38.7 Å². The summed E-state index contributed by atoms with van der Waals surface area (Å²) in [5, 5.41) is 30.2. The standard InChI is InChI=1S/C28H27N7O12S/c1-28(2,26(39)45-13-17-5-9-19(10-6-17)35(42)43)47-32-23(21-15-48-27(29)31-21)24(37)30-20-11-33(25(20)38)46-14-22(36)44-12-16-3-7-18(8-4-16)34(40)41/h3-10,15,20H,11-14H2,1-2H3,(H2,29,31)(H,30,37)/b32-23-/t20-/m0/s1. The first-order valence-electron chi connectivity index (χ1n) is 13.8. The minimum absolute atomic E-state index is 0.000641. The number of nitrogens with zero attached hydrogens (tertiary/aromatic N) is 5. The minimum atomic E-state index is -1.71. The molecule has 2 heterocycles. The smallest absolute Gasteiger partial charge is 0.353 e. The Morgan fingerprint density at radius 2 is 1.58 bits per heavy atom. The molecule has 1 atom stereocenters. The van der Waals surface area contributed by atoms with Crippen molar-refractivity contribution in [1.82, 2.24) is 15.4 Å². The fourth-order valence-corrected chi connectivity index (χ4v) is 4.28. The number of aromatic nitrogens is 1. The normalized spacial score (nSPS) is 14.5. The van der Waals surface area contributed by atoms with Gasteiger partial charge in [0.25, 0.3) is 23.2 Å². The number of nitrogen functional groups attached to an aromatic ring is 1. The van der Waals surface area contributed by atoms with Gasteiger partial charge in [-0.15, -0.1) is 11.3 Å². The molecule has 0 bridgehead atoms. The number of non-ortho nitro benzene ring substituents is 2. The number of nitro groups is 2. The molecule has 1 aliphatic heterocycles. The number of hydrogen-bond acceptors (Lipinski definition) is 16. The Kier molecular flexibility index (Phi) is 10.9. The maximum absolute atomic E-state index is 13.1. The van der Waals surface area contributed by atoms with Crippen LogP contribution in [-0.2, 0) is 51.5 Å². The number of ether oxygens (including phenoxy) is 2. The van der Waals surface area contributed by atoms with Gasteiger partial charge in [0.05, 0.1) is 16.4 Å². The lowest BCUT2D eigenvalue weighted by Gasteiger charge is -2.36. The van der Waals surface area contributed by atoms with Gasteiger partial charge in [-0.25, -0.2) is 19.6 Å². The molecule has 3 N–H and O–H groups in total. The molecule has 2 aromatic carbocycles. The lowest BCUT2D eigenvalue weighted by atomic mass is 10.1. The van der Waals surface area contributed by atoms with Crippen LogP contribution >= 0.6 is 11.3 Å². The van der Waals surface area contributed by atoms with Gasteiger partial charge in [0.15, 0.2) is 17.5 Å². The van der Waals surface area contributed by atoms with Gasteiger partial charge in [-0.2, -0.15) is 0 Å². The second-order valence-electron chi connectivity index (χ2n) is 10.4. The largest absolute Gasteiger partial charge is 0.459 e. The van der Waals surface area contributed by atoms with Crippen LogP contribution in [0.25, 0.3) is 0 Å². The van der Waals surface area contributed by atoms with Crippen molar-refractivity contribution in [1.29, 1.82) is 0 Å². The summed E-state index contributed by atoms with van der Waals surface area (Å²) in [7, 11) is 0. The summed E-state index contributed by atoms with van der Waals surface area (Å²) >= 11 is 1.00. The van der Waals surface area contributed by atoms with Crippen molar-refractivity contribution in [3.05, 3.63) is 91.0 Å². The number of thiazole rings is 1. The summed E-state index contributed by atoms with van der Waals surface area (Å²) in [6, 6.07) is 9.70. The number of carbonyl (C=O) groups is 4. The molecule has 0 saturated carbocycles. The number of amides is 2. The third-order valence-corrected chi connectivity index (χ3v) is 7.11. The molecule has 1 aromatic heterocycles. The Bertz CT molecular complexity index is 1740. The van der Waals surface area contributed by atoms with Gasteiger partial charge in [0.2, 0.25) is 5.60 Å². The number of esters is 2. The predicted molar refractivity (Wildman–Crippen MR) is 164 cm³/mol. The molecular weight excluding hydrogens is 658 g/mol. The van der Waals surface area contributed by atoms with E-state index in [0.29, 0.717) is 11.1 Å². The number of oxime groups is 1. The molecule has 252 valence electrons. The molecule has 2 amide bonds. The first-order chi connectivity index (χ1) is 22.7. The van der Waals surface area contributed by atoms with E-state index in [1.165, 1.54) is 67.8 Å². The first-order valence-corrected chi connectivity index (χ1v) is 14.6. The van der Waals surface area contributed by atoms with Gasteiger partial charge in [-0.1, -0.05) is 5.16 Å². The number of rotatable bonds is 15. The molecule has 3 aromatic rings. The summed E-state index contributed by atoms with van der Waals surface area (Å²) in [5.41, 5.74) is 4.33. The second-order valence-corrected chi connectivity index (χ2v) is 11.3. The molecule has 0 spiro atoms. The van der Waals surface area contributed by atoms with E-state index in [-0.39, 0.29) is 42.0 Å². The van der Waals surface area contributed by atoms with Crippen LogP contribution in [0.5, 0.6) is 0 Å². The van der Waals surface area contributed by atoms with Crippen molar-refractivity contribution < 1.29 is 48.2 Å². The quantitative estimate of drug-likeness (QED) is 0.0760. The highest BCUT2D eigenvalue weighted by molar-refractivity contribution is 7.13. The van der Waals surface area contributed by atoms with Crippen LogP contribution in [0.2, 0.25) is 0 Å². The fraction of sp³-hybridized carbons (Fsp3) is 0.286. The number of anilines is 1. The number of nitro benzene ring substituents is 2. The summed E-state index contributed by atoms with van der Waals surface area (Å²) < 4.78 is 10.3. The zero-order valence-corrected chi connectivity index (χ0v) is 26.0. The summed E-state index contributed by atoms with van der Waals surface area (Å²) in [4.78, 5) is 85.5. The van der Waals surface area contributed by atoms with E-state index in [2.05, 4.69) is 15.5 Å². The Morgan fingerprint density at radius 3 is 2.08 bits per heavy atom. The maximum Gasteiger partial charge on any atom is 0.353 e. The van der Waals surface area contributed by atoms with Crippen LogP contribution in [0.15, 0.2) is 59.1 Å². The molecule has 1 fully saturated rings. The second kappa shape index (κ2) is 15.0. The van der Waals surface area contributed by atoms with Gasteiger partial charge in [0, 0.05) is 29.6 Å². The highest BCUT2D eigenvalue weighted by atomic mass is 32.1. The fourth-order valence-electron chi connectivity index (χ4n) is 3.73. The van der Waals surface area contributed by atoms with Gasteiger partial charge < -0.3 is 25.4 Å². The van der Waals surface area contributed by atoms with Crippen LogP contribution < -0.4 is 11.1 Å². The Morgan fingerprint density at radius 1 is 1.02 bits per heavy atom. The Hall–Kier alpha value is -6.02. The number of nitrogens with one attached hydrogen (secondary N) is 1. The number of β-lactam (4-membered cyclic amide) rings is 1. The van der Waals surface area contributed by atoms with E-state index >= 15 is 0 Å². The van der Waals surface area contributed by atoms with E-state index in [0.717, 1.165) is 16.4 Å². The highest BCUT2D eigenvalue weighted by Crippen LogP contribution is 2.19. The van der Waals surface area contributed by atoms with E-state index in [1.54, 1.807) is 0 Å². The van der Waals surface area contributed by atoms with Gasteiger partial charge in [-0.3, -0.25) is 34.7 Å². The van der Waals surface area contributed by atoms with Crippen molar-refractivity contribution in [2.75, 3.05) is 18.9 Å². The molecule has 48 heavy (non-hydrogen) atoms. The Labute approximate surface area is 274 Å². The molecule has 20 heteroatoms. The molecule has 4 rings (SSSR count). The summed E-state index contributed by atoms with van der Waals surface area (Å²) in [6.45, 7) is 1.53. The Balaban J connectivity index is 1.28. The number of nitrogens with two attached hydrogens (primary N) is 1. The van der Waals surface area contributed by atoms with Crippen LogP contribution in [0.3, 0.4) is 0 Å². The third kappa shape index (κ3) is 9.04. The number of benzene rings is 2. The van der Waals surface area contributed by atoms with Gasteiger partial charge in [-0.05, 0) is 49.2 Å². The average Bonchev–Trinajstić information content (AvgIpc) is 3.49. The SMILES string of the molecule is CC(C)(O/N=C(\C(=O)N[C@H]1CN(OCC(=O)OCc2ccc([N+](=O)[O-])cc2)C1=O)c1csc(N)n1)C(=O)OCc1ccc([N+](=O)[O-])cc1. The molecule has 0 aliphatic carbocycles. The lowest BCUT2D eigenvalue weighted by Crippen LogP contribution is -2.64. The van der Waals surface area contributed by atoms with Crippen LogP contribution in [0.4, 0.5) is 16.5 Å². The van der Waals surface area contributed by atoms with E-state index in [9.17, 15) is 39.4 Å². The molecule has 1 saturated heterocycles. The number of carbonyl (C=O) groups excluding carboxylic acids is 4. The van der Waals surface area contributed by atoms with Crippen LogP contribution in [0.1, 0.15) is 30.7 Å². The van der Waals surface area contributed by atoms with E-state index in [4.69, 9.17) is 24.9 Å². The number of hydroxylamine groups is 2. The topological polar surface area (TPSA) is 258 Å². The summed E-state index contributed by atoms with van der Waals surface area (Å²) in [6.07, 6.45) is 0. The molecule has 0 unspecified atom stereocenters. The van der Waals surface area contributed by atoms with Crippen molar-refractivity contribution in [3.63, 3.8) is 0 Å². The van der Waals surface area contributed by atoms with Crippen molar-refractivity contribution in [2.24, 2.45) is 5.16 Å². The van der Waals surface area contributed by atoms with Crippen molar-refractivity contribution >= 4 is 57.3 Å². The van der Waals surface area contributed by atoms with E-state index < -0.39 is 57.6 Å². The van der Waals surface area contributed by atoms with Gasteiger partial charge >= 0.3 is 11.9 Å². The average molecular weight is 686 g/mol. The molecule has 0 radical (unpaired) electrons. The molecule has 1 aliphatic rings. The van der Waals surface area contributed by atoms with Crippen molar-refractivity contribution in [3.8, 4) is 0 Å². The highest BCUT2D eigenvalue weighted by Gasteiger charge is 2.41. The predicted octanol–water partition coefficient (Wildman–Crippen LogP) is 1.79.